The molecule has 0 atom stereocenters. The highest BCUT2D eigenvalue weighted by atomic mass is 15.2. The molecule has 0 spiro atoms. The lowest BCUT2D eigenvalue weighted by Gasteiger charge is -2.09. The zero-order valence-corrected chi connectivity index (χ0v) is 24.9. The van der Waals surface area contributed by atoms with Crippen LogP contribution in [-0.4, -0.2) is 27.9 Å². The third-order valence-electron chi connectivity index (χ3n) is 9.25. The highest BCUT2D eigenvalue weighted by Crippen LogP contribution is 2.33. The minimum absolute atomic E-state index is 0.257. The van der Waals surface area contributed by atoms with Crippen molar-refractivity contribution in [2.75, 3.05) is 0 Å². The van der Waals surface area contributed by atoms with Gasteiger partial charge < -0.3 is 0 Å². The number of benzene rings is 6. The second-order valence-corrected chi connectivity index (χ2v) is 11.9. The van der Waals surface area contributed by atoms with Crippen LogP contribution in [0.2, 0.25) is 0 Å². The Morgan fingerprint density at radius 1 is 0.435 bits per heavy atom. The summed E-state index contributed by atoms with van der Waals surface area (Å²) in [4.78, 5) is 10.0. The Hall–Kier alpha value is -6.14. The Morgan fingerprint density at radius 2 is 0.848 bits per heavy atom. The van der Waals surface area contributed by atoms with Crippen LogP contribution >= 0.6 is 0 Å². The van der Waals surface area contributed by atoms with Gasteiger partial charge in [0.05, 0.1) is 44.1 Å². The molecule has 0 fully saturated rings. The molecule has 0 bridgehead atoms. The monoisotopic (exact) mass is 595 g/mol. The summed E-state index contributed by atoms with van der Waals surface area (Å²) in [5.41, 5.74) is 13.2. The fourth-order valence-electron chi connectivity index (χ4n) is 7.10. The van der Waals surface area contributed by atoms with Crippen LogP contribution in [0.15, 0.2) is 133 Å². The van der Waals surface area contributed by atoms with Crippen LogP contribution in [0.1, 0.15) is 15.2 Å². The number of aromatic nitrogens is 6. The number of fused-ring (bicyclic) bond motifs is 10. The van der Waals surface area contributed by atoms with Gasteiger partial charge in [0.2, 0.25) is 11.6 Å². The Bertz CT molecular complexity index is 2920. The Morgan fingerprint density at radius 3 is 1.33 bits per heavy atom. The van der Waals surface area contributed by atoms with Gasteiger partial charge in [-0.05, 0) is 96.7 Å². The van der Waals surface area contributed by atoms with Crippen molar-refractivity contribution < 1.29 is 4.11 Å². The molecular weight excluding hydrogens is 564 g/mol. The van der Waals surface area contributed by atoms with Gasteiger partial charge in [-0.25, -0.2) is 9.97 Å². The lowest BCUT2D eigenvalue weighted by Crippen LogP contribution is -1.96. The first-order chi connectivity index (χ1) is 23.9. The maximum absolute atomic E-state index is 8.09. The summed E-state index contributed by atoms with van der Waals surface area (Å²) in [6.45, 7) is -0.154. The molecule has 0 aliphatic carbocycles. The molecule has 6 heteroatoms. The van der Waals surface area contributed by atoms with Gasteiger partial charge in [0.25, 0.3) is 0 Å². The Labute approximate surface area is 268 Å². The molecule has 0 aliphatic heterocycles. The van der Waals surface area contributed by atoms with Gasteiger partial charge in [0.1, 0.15) is 0 Å². The molecule has 0 radical (unpaired) electrons. The van der Waals surface area contributed by atoms with Crippen LogP contribution in [0.25, 0.3) is 78.2 Å². The van der Waals surface area contributed by atoms with Gasteiger partial charge in [0, 0.05) is 15.5 Å². The highest BCUT2D eigenvalue weighted by molar-refractivity contribution is 5.94. The fourth-order valence-corrected chi connectivity index (χ4v) is 7.10. The van der Waals surface area contributed by atoms with Crippen molar-refractivity contribution in [1.82, 2.24) is 27.9 Å². The quantitative estimate of drug-likeness (QED) is 0.204. The van der Waals surface area contributed by atoms with Crippen molar-refractivity contribution >= 4 is 55.7 Å². The van der Waals surface area contributed by atoms with Crippen LogP contribution in [-0.2, 0) is 0 Å². The zero-order chi connectivity index (χ0) is 33.0. The lowest BCUT2D eigenvalue weighted by atomic mass is 10.0. The number of aryl methyl sites for hydroxylation is 2. The van der Waals surface area contributed by atoms with Gasteiger partial charge in [-0.2, -0.15) is 0 Å². The summed E-state index contributed by atoms with van der Waals surface area (Å²) in [6.07, 6.45) is 0. The first-order valence-electron chi connectivity index (χ1n) is 16.9. The van der Waals surface area contributed by atoms with E-state index in [1.807, 2.05) is 24.3 Å². The van der Waals surface area contributed by atoms with Gasteiger partial charge in [-0.3, -0.25) is 17.9 Å². The predicted octanol–water partition coefficient (Wildman–Crippen LogP) is 9.46. The van der Waals surface area contributed by atoms with Crippen molar-refractivity contribution in [2.24, 2.45) is 0 Å². The number of nitrogens with zero attached hydrogens (tertiary/aromatic N) is 6. The van der Waals surface area contributed by atoms with Crippen molar-refractivity contribution in [3.05, 3.63) is 145 Å². The molecule has 0 saturated carbocycles. The lowest BCUT2D eigenvalue weighted by molar-refractivity contribution is 1.11. The van der Waals surface area contributed by atoms with Crippen LogP contribution < -0.4 is 0 Å². The predicted molar refractivity (Wildman–Crippen MR) is 188 cm³/mol. The van der Waals surface area contributed by atoms with E-state index in [0.29, 0.717) is 11.3 Å². The third kappa shape index (κ3) is 3.35. The number of hydrogen-bond donors (Lipinski definition) is 0. The molecule has 0 unspecified atom stereocenters. The summed E-state index contributed by atoms with van der Waals surface area (Å²) >= 11 is 0. The number of rotatable bonds is 3. The van der Waals surface area contributed by atoms with E-state index in [2.05, 4.69) is 122 Å². The average Bonchev–Trinajstić information content (AvgIpc) is 3.85. The SMILES string of the molecule is [2H]C([2H])([2H])c1cccc2c1nc1n(-c3ccc(-c4ccc(-n5c6ccccc6n6c7cccc(C)c7nc56)cc4)cc3)c3ccccc3n21. The van der Waals surface area contributed by atoms with E-state index in [0.717, 1.165) is 72.5 Å². The normalized spacial score (nSPS) is 13.4. The topological polar surface area (TPSA) is 44.5 Å². The van der Waals surface area contributed by atoms with E-state index < -0.39 is 6.85 Å². The number of para-hydroxylation sites is 6. The molecule has 4 heterocycles. The molecule has 0 amide bonds. The van der Waals surface area contributed by atoms with E-state index in [-0.39, 0.29) is 5.56 Å². The molecule has 46 heavy (non-hydrogen) atoms. The third-order valence-corrected chi connectivity index (χ3v) is 9.25. The first-order valence-corrected chi connectivity index (χ1v) is 15.4. The van der Waals surface area contributed by atoms with E-state index in [9.17, 15) is 0 Å². The van der Waals surface area contributed by atoms with E-state index in [1.165, 1.54) is 0 Å². The molecular formula is C40H28N6. The number of imidazole rings is 4. The molecule has 6 aromatic carbocycles. The summed E-state index contributed by atoms with van der Waals surface area (Å²) in [6, 6.07) is 45.4. The highest BCUT2D eigenvalue weighted by Gasteiger charge is 2.19. The van der Waals surface area contributed by atoms with Crippen molar-refractivity contribution in [3.63, 3.8) is 0 Å². The first kappa shape index (κ1) is 22.4. The standard InChI is InChI=1S/C40H28N6/c1-25-9-7-15-35-37(25)41-39-43(31-11-3-5-13-33(31)45(35)39)29-21-17-27(18-22-29)28-19-23-30(24-20-28)44-32-12-4-6-14-34(32)46-36-16-8-10-26(2)38(36)42-40(44)46/h3-24H,1-2H3/i1D3. The smallest absolute Gasteiger partial charge is 0.220 e. The van der Waals surface area contributed by atoms with Crippen LogP contribution in [0.4, 0.5) is 0 Å². The largest absolute Gasteiger partial charge is 0.278 e. The van der Waals surface area contributed by atoms with Gasteiger partial charge >= 0.3 is 0 Å². The second-order valence-electron chi connectivity index (χ2n) is 11.9. The van der Waals surface area contributed by atoms with Crippen molar-refractivity contribution in [2.45, 2.75) is 13.8 Å². The molecule has 10 rings (SSSR count). The summed E-state index contributed by atoms with van der Waals surface area (Å²) < 4.78 is 32.9. The van der Waals surface area contributed by atoms with Crippen LogP contribution in [0, 0.1) is 13.8 Å². The Kier molecular flexibility index (Phi) is 4.47. The van der Waals surface area contributed by atoms with Crippen LogP contribution in [0.3, 0.4) is 0 Å². The molecule has 218 valence electrons. The van der Waals surface area contributed by atoms with E-state index >= 15 is 0 Å². The Balaban J connectivity index is 1.07. The molecule has 0 saturated heterocycles. The van der Waals surface area contributed by atoms with Crippen molar-refractivity contribution in [1.29, 1.82) is 0 Å². The average molecular weight is 596 g/mol. The minimum Gasteiger partial charge on any atom is -0.278 e. The summed E-state index contributed by atoms with van der Waals surface area (Å²) in [5, 5.41) is 0. The maximum Gasteiger partial charge on any atom is 0.220 e. The zero-order valence-electron chi connectivity index (χ0n) is 27.9. The molecule has 0 N–H and O–H groups in total. The summed E-state index contributed by atoms with van der Waals surface area (Å²) in [5.74, 6) is 1.57. The fraction of sp³-hybridized carbons (Fsp3) is 0.0500. The van der Waals surface area contributed by atoms with Gasteiger partial charge in [-0.15, -0.1) is 0 Å². The van der Waals surface area contributed by atoms with E-state index in [1.54, 1.807) is 12.1 Å². The van der Waals surface area contributed by atoms with Crippen LogP contribution in [0.5, 0.6) is 0 Å². The number of hydrogen-bond acceptors (Lipinski definition) is 2. The van der Waals surface area contributed by atoms with Crippen molar-refractivity contribution in [3.8, 4) is 22.5 Å². The molecule has 10 aromatic rings. The van der Waals surface area contributed by atoms with Gasteiger partial charge in [0.15, 0.2) is 0 Å². The molecule has 0 aliphatic rings. The maximum atomic E-state index is 8.09. The summed E-state index contributed by atoms with van der Waals surface area (Å²) in [7, 11) is 0. The molecule has 4 aromatic heterocycles. The van der Waals surface area contributed by atoms with Gasteiger partial charge in [-0.1, -0.05) is 72.8 Å². The molecule has 6 nitrogen and oxygen atoms in total. The van der Waals surface area contributed by atoms with E-state index in [4.69, 9.17) is 14.1 Å². The minimum atomic E-state index is -2.26. The second kappa shape index (κ2) is 9.19.